The third-order valence-corrected chi connectivity index (χ3v) is 2.90. The molecule has 1 aromatic rings. The Morgan fingerprint density at radius 3 is 2.44 bits per heavy atom. The van der Waals surface area contributed by atoms with Gasteiger partial charge in [-0.2, -0.15) is 0 Å². The number of carbonyl (C=O) groups excluding carboxylic acids is 1. The van der Waals surface area contributed by atoms with Gasteiger partial charge < -0.3 is 5.32 Å². The molecule has 0 bridgehead atoms. The summed E-state index contributed by atoms with van der Waals surface area (Å²) in [5.74, 6) is 0.843. The Morgan fingerprint density at radius 2 is 1.94 bits per heavy atom. The second kappa shape index (κ2) is 6.31. The molecule has 0 heterocycles. The summed E-state index contributed by atoms with van der Waals surface area (Å²) in [5.41, 5.74) is 2.47. The molecule has 0 aliphatic rings. The second-order valence-electron chi connectivity index (χ2n) is 4.31. The Balaban J connectivity index is 2.48. The third-order valence-electron chi connectivity index (χ3n) is 2.90. The predicted molar refractivity (Wildman–Crippen MR) is 68.9 cm³/mol. The van der Waals surface area contributed by atoms with E-state index < -0.39 is 0 Å². The van der Waals surface area contributed by atoms with Crippen molar-refractivity contribution in [2.45, 2.75) is 39.5 Å². The van der Waals surface area contributed by atoms with E-state index in [4.69, 9.17) is 0 Å². The first-order valence-electron chi connectivity index (χ1n) is 5.96. The minimum absolute atomic E-state index is 0.226. The quantitative estimate of drug-likeness (QED) is 0.792. The van der Waals surface area contributed by atoms with Crippen molar-refractivity contribution >= 4 is 11.5 Å². The molecule has 2 heteroatoms. The highest BCUT2D eigenvalue weighted by Gasteiger charge is 2.02. The number of ketones is 1. The fourth-order valence-electron chi connectivity index (χ4n) is 1.55. The van der Waals surface area contributed by atoms with Crippen molar-refractivity contribution in [2.24, 2.45) is 0 Å². The molecule has 0 radical (unpaired) electrons. The molecule has 0 amide bonds. The summed E-state index contributed by atoms with van der Waals surface area (Å²) in [6, 6.07) is 8.48. The Bertz CT molecular complexity index is 329. The number of rotatable bonds is 6. The van der Waals surface area contributed by atoms with Crippen LogP contribution in [0.15, 0.2) is 24.3 Å². The minimum Gasteiger partial charge on any atom is -0.385 e. The van der Waals surface area contributed by atoms with Gasteiger partial charge >= 0.3 is 0 Å². The fraction of sp³-hybridized carbons (Fsp3) is 0.500. The van der Waals surface area contributed by atoms with Crippen molar-refractivity contribution in [3.8, 4) is 0 Å². The second-order valence-corrected chi connectivity index (χ2v) is 4.31. The molecule has 0 fully saturated rings. The SMILES string of the molecule is CCC(C)c1ccc(NCCC(C)=O)cc1. The van der Waals surface area contributed by atoms with Crippen LogP contribution in [0.5, 0.6) is 0 Å². The van der Waals surface area contributed by atoms with Crippen LogP contribution in [-0.4, -0.2) is 12.3 Å². The molecule has 0 aliphatic carbocycles. The van der Waals surface area contributed by atoms with Gasteiger partial charge in [-0.05, 0) is 37.0 Å². The van der Waals surface area contributed by atoms with E-state index in [1.54, 1.807) is 6.92 Å². The normalized spacial score (nSPS) is 12.2. The molecule has 0 saturated carbocycles. The lowest BCUT2D eigenvalue weighted by atomic mass is 9.99. The topological polar surface area (TPSA) is 29.1 Å². The van der Waals surface area contributed by atoms with Crippen LogP contribution in [0.4, 0.5) is 5.69 Å². The Hall–Kier alpha value is -1.31. The highest BCUT2D eigenvalue weighted by molar-refractivity contribution is 5.76. The van der Waals surface area contributed by atoms with E-state index >= 15 is 0 Å². The molecule has 1 N–H and O–H groups in total. The van der Waals surface area contributed by atoms with E-state index in [0.717, 1.165) is 18.7 Å². The lowest BCUT2D eigenvalue weighted by Crippen LogP contribution is -2.05. The van der Waals surface area contributed by atoms with Crippen LogP contribution in [-0.2, 0) is 4.79 Å². The molecular formula is C14H21NO. The summed E-state index contributed by atoms with van der Waals surface area (Å²) in [4.78, 5) is 10.8. The molecule has 0 spiro atoms. The highest BCUT2D eigenvalue weighted by atomic mass is 16.1. The molecule has 0 aliphatic heterocycles. The van der Waals surface area contributed by atoms with Crippen molar-refractivity contribution in [1.29, 1.82) is 0 Å². The molecule has 1 atom stereocenters. The van der Waals surface area contributed by atoms with Crippen LogP contribution in [0, 0.1) is 0 Å². The van der Waals surface area contributed by atoms with Gasteiger partial charge in [-0.1, -0.05) is 26.0 Å². The zero-order valence-electron chi connectivity index (χ0n) is 10.4. The van der Waals surface area contributed by atoms with Gasteiger partial charge in [-0.25, -0.2) is 0 Å². The molecule has 2 nitrogen and oxygen atoms in total. The number of Topliss-reactive ketones (excluding diaryl/α,β-unsaturated/α-hetero) is 1. The Morgan fingerprint density at radius 1 is 1.31 bits per heavy atom. The smallest absolute Gasteiger partial charge is 0.131 e. The lowest BCUT2D eigenvalue weighted by molar-refractivity contribution is -0.116. The van der Waals surface area contributed by atoms with Crippen molar-refractivity contribution in [1.82, 2.24) is 0 Å². The predicted octanol–water partition coefficient (Wildman–Crippen LogP) is 3.59. The summed E-state index contributed by atoms with van der Waals surface area (Å²) in [6.07, 6.45) is 1.75. The maximum atomic E-state index is 10.8. The zero-order chi connectivity index (χ0) is 12.0. The van der Waals surface area contributed by atoms with Crippen molar-refractivity contribution in [3.05, 3.63) is 29.8 Å². The van der Waals surface area contributed by atoms with Crippen LogP contribution in [0.1, 0.15) is 45.1 Å². The van der Waals surface area contributed by atoms with Crippen LogP contribution < -0.4 is 5.32 Å². The number of anilines is 1. The molecule has 0 aromatic heterocycles. The number of carbonyl (C=O) groups is 1. The van der Waals surface area contributed by atoms with E-state index in [2.05, 4.69) is 43.4 Å². The average molecular weight is 219 g/mol. The van der Waals surface area contributed by atoms with Gasteiger partial charge in [0.05, 0.1) is 0 Å². The summed E-state index contributed by atoms with van der Waals surface area (Å²) in [6.45, 7) is 6.77. The monoisotopic (exact) mass is 219 g/mol. The van der Waals surface area contributed by atoms with E-state index in [1.807, 2.05) is 0 Å². The molecule has 1 aromatic carbocycles. The van der Waals surface area contributed by atoms with Gasteiger partial charge in [-0.3, -0.25) is 4.79 Å². The molecule has 1 rings (SSSR count). The van der Waals surface area contributed by atoms with Gasteiger partial charge in [0, 0.05) is 18.7 Å². The molecular weight excluding hydrogens is 198 g/mol. The van der Waals surface area contributed by atoms with Crippen LogP contribution in [0.25, 0.3) is 0 Å². The zero-order valence-corrected chi connectivity index (χ0v) is 10.4. The summed E-state index contributed by atoms with van der Waals surface area (Å²) < 4.78 is 0. The van der Waals surface area contributed by atoms with E-state index in [-0.39, 0.29) is 5.78 Å². The lowest BCUT2D eigenvalue weighted by Gasteiger charge is -2.10. The van der Waals surface area contributed by atoms with Crippen LogP contribution in [0.2, 0.25) is 0 Å². The first-order chi connectivity index (χ1) is 7.63. The highest BCUT2D eigenvalue weighted by Crippen LogP contribution is 2.20. The number of nitrogens with one attached hydrogen (secondary N) is 1. The third kappa shape index (κ3) is 4.05. The van der Waals surface area contributed by atoms with Gasteiger partial charge in [0.25, 0.3) is 0 Å². The van der Waals surface area contributed by atoms with Crippen molar-refractivity contribution in [3.63, 3.8) is 0 Å². The van der Waals surface area contributed by atoms with Gasteiger partial charge in [0.1, 0.15) is 5.78 Å². The number of hydrogen-bond acceptors (Lipinski definition) is 2. The largest absolute Gasteiger partial charge is 0.385 e. The van der Waals surface area contributed by atoms with Gasteiger partial charge in [0.15, 0.2) is 0 Å². The molecule has 16 heavy (non-hydrogen) atoms. The number of benzene rings is 1. The Kier molecular flexibility index (Phi) is 5.03. The van der Waals surface area contributed by atoms with E-state index in [9.17, 15) is 4.79 Å². The van der Waals surface area contributed by atoms with E-state index in [1.165, 1.54) is 5.56 Å². The van der Waals surface area contributed by atoms with Crippen molar-refractivity contribution < 1.29 is 4.79 Å². The average Bonchev–Trinajstić information content (AvgIpc) is 2.28. The maximum absolute atomic E-state index is 10.8. The van der Waals surface area contributed by atoms with Crippen LogP contribution in [0.3, 0.4) is 0 Å². The fourth-order valence-corrected chi connectivity index (χ4v) is 1.55. The molecule has 88 valence electrons. The van der Waals surface area contributed by atoms with Gasteiger partial charge in [-0.15, -0.1) is 0 Å². The summed E-state index contributed by atoms with van der Waals surface area (Å²) >= 11 is 0. The van der Waals surface area contributed by atoms with E-state index in [0.29, 0.717) is 12.3 Å². The molecule has 1 unspecified atom stereocenters. The minimum atomic E-state index is 0.226. The Labute approximate surface area is 98.1 Å². The first-order valence-corrected chi connectivity index (χ1v) is 5.96. The standard InChI is InChI=1S/C14H21NO/c1-4-11(2)13-5-7-14(8-6-13)15-10-9-12(3)16/h5-8,11,15H,4,9-10H2,1-3H3. The number of hydrogen-bond donors (Lipinski definition) is 1. The van der Waals surface area contributed by atoms with Gasteiger partial charge in [0.2, 0.25) is 0 Å². The summed E-state index contributed by atoms with van der Waals surface area (Å²) in [5, 5.41) is 3.24. The molecule has 0 saturated heterocycles. The first kappa shape index (κ1) is 12.8. The van der Waals surface area contributed by atoms with Crippen molar-refractivity contribution in [2.75, 3.05) is 11.9 Å². The van der Waals surface area contributed by atoms with Crippen LogP contribution >= 0.6 is 0 Å². The summed E-state index contributed by atoms with van der Waals surface area (Å²) in [7, 11) is 0. The maximum Gasteiger partial charge on any atom is 0.131 e.